The number of hydrogen-bond donors (Lipinski definition) is 1. The molecule has 0 bridgehead atoms. The number of para-hydroxylation sites is 1. The molecule has 0 radical (unpaired) electrons. The van der Waals surface area contributed by atoms with Crippen molar-refractivity contribution in [3.8, 4) is 11.4 Å². The molecule has 0 unspecified atom stereocenters. The first kappa shape index (κ1) is 11.2. The van der Waals surface area contributed by atoms with Gasteiger partial charge in [0.2, 0.25) is 0 Å². The maximum absolute atomic E-state index is 13.2. The van der Waals surface area contributed by atoms with Gasteiger partial charge in [-0.05, 0) is 6.07 Å². The van der Waals surface area contributed by atoms with Gasteiger partial charge in [-0.25, -0.2) is 13.8 Å². The van der Waals surface area contributed by atoms with E-state index in [1.165, 1.54) is 0 Å². The summed E-state index contributed by atoms with van der Waals surface area (Å²) in [5.41, 5.74) is 2.33. The van der Waals surface area contributed by atoms with E-state index >= 15 is 0 Å². The molecule has 0 atom stereocenters. The number of furan rings is 1. The fraction of sp³-hybridized carbons (Fsp3) is 0. The van der Waals surface area contributed by atoms with Crippen LogP contribution in [0, 0.1) is 11.6 Å². The first-order valence-corrected chi connectivity index (χ1v) is 6.04. The minimum absolute atomic E-state index is 0.379. The zero-order valence-electron chi connectivity index (χ0n) is 10.2. The molecule has 2 aromatic carbocycles. The van der Waals surface area contributed by atoms with Crippen LogP contribution in [0.2, 0.25) is 0 Å². The van der Waals surface area contributed by atoms with E-state index in [0.717, 1.165) is 28.7 Å². The van der Waals surface area contributed by atoms with Gasteiger partial charge in [0.1, 0.15) is 17.7 Å². The van der Waals surface area contributed by atoms with E-state index in [9.17, 15) is 8.78 Å². The van der Waals surface area contributed by atoms with Gasteiger partial charge in [-0.1, -0.05) is 18.2 Å². The summed E-state index contributed by atoms with van der Waals surface area (Å²) in [5.74, 6) is -1.28. The van der Waals surface area contributed by atoms with Crippen molar-refractivity contribution in [3.05, 3.63) is 54.3 Å². The van der Waals surface area contributed by atoms with Gasteiger partial charge in [-0.15, -0.1) is 0 Å². The summed E-state index contributed by atoms with van der Waals surface area (Å²) < 4.78 is 31.9. The molecule has 0 amide bonds. The van der Waals surface area contributed by atoms with Crippen molar-refractivity contribution >= 4 is 22.0 Å². The number of aromatic amines is 1. The van der Waals surface area contributed by atoms with Crippen LogP contribution >= 0.6 is 0 Å². The highest BCUT2D eigenvalue weighted by atomic mass is 19.2. The van der Waals surface area contributed by atoms with Gasteiger partial charge in [-0.2, -0.15) is 0 Å². The predicted molar refractivity (Wildman–Crippen MR) is 71.2 cm³/mol. The summed E-state index contributed by atoms with van der Waals surface area (Å²) in [4.78, 5) is 7.27. The number of nitrogens with zero attached hydrogens (tertiary/aromatic N) is 1. The number of hydrogen-bond acceptors (Lipinski definition) is 2. The smallest absolute Gasteiger partial charge is 0.161 e. The molecule has 0 saturated heterocycles. The number of fused-ring (bicyclic) bond motifs is 2. The third-order valence-corrected chi connectivity index (χ3v) is 3.26. The molecule has 0 aliphatic carbocycles. The maximum atomic E-state index is 13.2. The Morgan fingerprint density at radius 1 is 1.05 bits per heavy atom. The molecule has 4 aromatic rings. The van der Waals surface area contributed by atoms with E-state index in [4.69, 9.17) is 4.42 Å². The van der Waals surface area contributed by atoms with Gasteiger partial charge in [-0.3, -0.25) is 0 Å². The van der Waals surface area contributed by atoms with E-state index in [1.807, 2.05) is 24.3 Å². The largest absolute Gasteiger partial charge is 0.464 e. The lowest BCUT2D eigenvalue weighted by atomic mass is 10.2. The Morgan fingerprint density at radius 2 is 1.85 bits per heavy atom. The molecular weight excluding hydrogens is 262 g/mol. The lowest BCUT2D eigenvalue weighted by molar-refractivity contribution is 0.510. The number of nitrogens with one attached hydrogen (secondary N) is 1. The zero-order chi connectivity index (χ0) is 13.7. The molecule has 1 N–H and O–H groups in total. The Balaban J connectivity index is 1.98. The normalized spacial score (nSPS) is 11.5. The van der Waals surface area contributed by atoms with Crippen molar-refractivity contribution in [2.45, 2.75) is 0 Å². The van der Waals surface area contributed by atoms with E-state index in [-0.39, 0.29) is 0 Å². The fourth-order valence-corrected chi connectivity index (χ4v) is 2.29. The van der Waals surface area contributed by atoms with Gasteiger partial charge in [0.05, 0.1) is 16.6 Å². The molecule has 20 heavy (non-hydrogen) atoms. The molecule has 98 valence electrons. The van der Waals surface area contributed by atoms with Crippen LogP contribution in [0.15, 0.2) is 47.1 Å². The third kappa shape index (κ3) is 1.53. The van der Waals surface area contributed by atoms with Crippen molar-refractivity contribution in [2.75, 3.05) is 0 Å². The molecular formula is C15H8F2N2O. The molecule has 2 heterocycles. The van der Waals surface area contributed by atoms with E-state index in [1.54, 1.807) is 6.26 Å². The fourth-order valence-electron chi connectivity index (χ4n) is 2.29. The van der Waals surface area contributed by atoms with Crippen molar-refractivity contribution in [1.29, 1.82) is 0 Å². The van der Waals surface area contributed by atoms with Crippen molar-refractivity contribution < 1.29 is 13.2 Å². The lowest BCUT2D eigenvalue weighted by Crippen LogP contribution is -1.82. The van der Waals surface area contributed by atoms with Crippen molar-refractivity contribution in [2.24, 2.45) is 0 Å². The first-order chi connectivity index (χ1) is 9.72. The second-order valence-electron chi connectivity index (χ2n) is 4.51. The van der Waals surface area contributed by atoms with Crippen LogP contribution in [0.5, 0.6) is 0 Å². The van der Waals surface area contributed by atoms with Crippen LogP contribution in [0.25, 0.3) is 33.4 Å². The molecule has 0 aliphatic rings. The van der Waals surface area contributed by atoms with E-state index in [2.05, 4.69) is 9.97 Å². The molecule has 5 heteroatoms. The molecule has 4 rings (SSSR count). The summed E-state index contributed by atoms with van der Waals surface area (Å²) in [6.07, 6.45) is 1.58. The first-order valence-electron chi connectivity index (χ1n) is 6.04. The van der Waals surface area contributed by atoms with Crippen LogP contribution in [-0.4, -0.2) is 9.97 Å². The second kappa shape index (κ2) is 3.90. The number of imidazole rings is 1. The molecule has 2 aromatic heterocycles. The highest BCUT2D eigenvalue weighted by molar-refractivity contribution is 5.93. The van der Waals surface area contributed by atoms with Crippen molar-refractivity contribution in [1.82, 2.24) is 9.97 Å². The Bertz CT molecular complexity index is 901. The second-order valence-corrected chi connectivity index (χ2v) is 4.51. The number of rotatable bonds is 1. The molecule has 0 aliphatic heterocycles. The van der Waals surface area contributed by atoms with Gasteiger partial charge < -0.3 is 9.40 Å². The number of aromatic nitrogens is 2. The Morgan fingerprint density at radius 3 is 2.75 bits per heavy atom. The number of halogens is 2. The standard InChI is InChI=1S/C15H8F2N2O/c16-10-5-12-13(6-11(10)17)19-15(18-12)9-7-20-14-4-2-1-3-8(9)14/h1-7H,(H,18,19). The van der Waals surface area contributed by atoms with Crippen LogP contribution < -0.4 is 0 Å². The average molecular weight is 270 g/mol. The minimum Gasteiger partial charge on any atom is -0.464 e. The highest BCUT2D eigenvalue weighted by Gasteiger charge is 2.13. The summed E-state index contributed by atoms with van der Waals surface area (Å²) in [5, 5.41) is 0.896. The van der Waals surface area contributed by atoms with Crippen LogP contribution in [-0.2, 0) is 0 Å². The van der Waals surface area contributed by atoms with E-state index in [0.29, 0.717) is 16.9 Å². The zero-order valence-corrected chi connectivity index (χ0v) is 10.2. The summed E-state index contributed by atoms with van der Waals surface area (Å²) in [6, 6.07) is 9.70. The van der Waals surface area contributed by atoms with Crippen molar-refractivity contribution in [3.63, 3.8) is 0 Å². The predicted octanol–water partition coefficient (Wildman–Crippen LogP) is 4.25. The third-order valence-electron chi connectivity index (χ3n) is 3.26. The molecule has 0 spiro atoms. The minimum atomic E-state index is -0.910. The van der Waals surface area contributed by atoms with Gasteiger partial charge in [0, 0.05) is 17.5 Å². The monoisotopic (exact) mass is 270 g/mol. The number of H-pyrrole nitrogens is 1. The van der Waals surface area contributed by atoms with Gasteiger partial charge in [0.15, 0.2) is 11.6 Å². The van der Waals surface area contributed by atoms with Crippen LogP contribution in [0.1, 0.15) is 0 Å². The Labute approximate surface area is 111 Å². The molecule has 0 fully saturated rings. The summed E-state index contributed by atoms with van der Waals surface area (Å²) in [7, 11) is 0. The lowest BCUT2D eigenvalue weighted by Gasteiger charge is -1.91. The molecule has 0 saturated carbocycles. The Kier molecular flexibility index (Phi) is 2.18. The molecule has 3 nitrogen and oxygen atoms in total. The Hall–Kier alpha value is -2.69. The SMILES string of the molecule is Fc1cc2nc(-c3coc4ccccc34)[nH]c2cc1F. The van der Waals surface area contributed by atoms with E-state index < -0.39 is 11.6 Å². The maximum Gasteiger partial charge on any atom is 0.161 e. The quantitative estimate of drug-likeness (QED) is 0.561. The van der Waals surface area contributed by atoms with Gasteiger partial charge in [0.25, 0.3) is 0 Å². The van der Waals surface area contributed by atoms with Gasteiger partial charge >= 0.3 is 0 Å². The highest BCUT2D eigenvalue weighted by Crippen LogP contribution is 2.30. The van der Waals surface area contributed by atoms with Crippen LogP contribution in [0.3, 0.4) is 0 Å². The van der Waals surface area contributed by atoms with Crippen LogP contribution in [0.4, 0.5) is 8.78 Å². The average Bonchev–Trinajstić information content (AvgIpc) is 3.02. The number of benzene rings is 2. The topological polar surface area (TPSA) is 41.8 Å². The summed E-state index contributed by atoms with van der Waals surface area (Å²) in [6.45, 7) is 0. The summed E-state index contributed by atoms with van der Waals surface area (Å²) >= 11 is 0.